The second-order valence-electron chi connectivity index (χ2n) is 10.5. The molecule has 2 atom stereocenters. The van der Waals surface area contributed by atoms with E-state index in [0.717, 1.165) is 30.4 Å². The molecule has 0 aliphatic heterocycles. The average molecular weight is 566 g/mol. The van der Waals surface area contributed by atoms with Crippen molar-refractivity contribution >= 4 is 36.5 Å². The van der Waals surface area contributed by atoms with Crippen molar-refractivity contribution in [3.63, 3.8) is 0 Å². The Balaban J connectivity index is 3.41. The minimum absolute atomic E-state index is 0.0169. The van der Waals surface area contributed by atoms with Gasteiger partial charge in [0.1, 0.15) is 17.7 Å². The van der Waals surface area contributed by atoms with Crippen LogP contribution in [-0.4, -0.2) is 65.9 Å². The molecule has 1 aromatic rings. The number of rotatable bonds is 15. The zero-order valence-corrected chi connectivity index (χ0v) is 25.5. The lowest BCUT2D eigenvalue weighted by Crippen LogP contribution is -2.54. The van der Waals surface area contributed by atoms with Crippen LogP contribution in [0.25, 0.3) is 0 Å². The Morgan fingerprint density at radius 1 is 1.05 bits per heavy atom. The number of esters is 1. The number of alkyl carbamates (subject to hydrolysis) is 1. The van der Waals surface area contributed by atoms with E-state index in [-0.39, 0.29) is 25.3 Å². The van der Waals surface area contributed by atoms with Gasteiger partial charge in [0, 0.05) is 18.8 Å². The standard InChI is InChI=1S/C29H47N3O6S/c1-8-10-11-12-18-32(27(35)23(19-39)31-28(36)38-29(5,6)7)25(22-15-13-14-20(3)21(22)4)26(34)30-17-16-24(33)37-9-2/h13-15,23,25,39H,8-12,16-19H2,1-7H3,(H,30,34)(H,31,36). The molecule has 2 N–H and O–H groups in total. The summed E-state index contributed by atoms with van der Waals surface area (Å²) in [4.78, 5) is 53.6. The van der Waals surface area contributed by atoms with Crippen molar-refractivity contribution in [3.05, 3.63) is 34.9 Å². The van der Waals surface area contributed by atoms with Crippen molar-refractivity contribution in [2.45, 2.75) is 98.3 Å². The Labute approximate surface area is 239 Å². The first-order chi connectivity index (χ1) is 18.4. The number of amides is 3. The third kappa shape index (κ3) is 11.9. The van der Waals surface area contributed by atoms with Crippen LogP contribution in [0.4, 0.5) is 4.79 Å². The molecule has 39 heavy (non-hydrogen) atoms. The van der Waals surface area contributed by atoms with Gasteiger partial charge in [-0.05, 0) is 64.7 Å². The van der Waals surface area contributed by atoms with E-state index >= 15 is 0 Å². The van der Waals surface area contributed by atoms with Crippen LogP contribution in [0.2, 0.25) is 0 Å². The lowest BCUT2D eigenvalue weighted by molar-refractivity contribution is -0.144. The molecule has 1 aromatic carbocycles. The number of hydrogen-bond donors (Lipinski definition) is 3. The van der Waals surface area contributed by atoms with Crippen molar-refractivity contribution in [3.8, 4) is 0 Å². The lowest BCUT2D eigenvalue weighted by Gasteiger charge is -2.35. The number of thiol groups is 1. The van der Waals surface area contributed by atoms with Crippen LogP contribution in [0, 0.1) is 13.8 Å². The number of nitrogens with zero attached hydrogens (tertiary/aromatic N) is 1. The molecule has 220 valence electrons. The minimum atomic E-state index is -1.01. The number of ether oxygens (including phenoxy) is 2. The van der Waals surface area contributed by atoms with Crippen LogP contribution in [0.3, 0.4) is 0 Å². The minimum Gasteiger partial charge on any atom is -0.466 e. The van der Waals surface area contributed by atoms with E-state index in [1.807, 2.05) is 32.0 Å². The average Bonchev–Trinajstić information content (AvgIpc) is 2.85. The van der Waals surface area contributed by atoms with Crippen molar-refractivity contribution in [2.75, 3.05) is 25.4 Å². The monoisotopic (exact) mass is 565 g/mol. The van der Waals surface area contributed by atoms with Crippen LogP contribution in [-0.2, 0) is 23.9 Å². The summed E-state index contributed by atoms with van der Waals surface area (Å²) in [7, 11) is 0. The predicted octanol–water partition coefficient (Wildman–Crippen LogP) is 4.65. The molecule has 2 unspecified atom stereocenters. The van der Waals surface area contributed by atoms with Gasteiger partial charge in [-0.3, -0.25) is 14.4 Å². The number of nitrogens with one attached hydrogen (secondary N) is 2. The molecule has 1 rings (SSSR count). The summed E-state index contributed by atoms with van der Waals surface area (Å²) in [5, 5.41) is 5.44. The molecule has 0 fully saturated rings. The highest BCUT2D eigenvalue weighted by Crippen LogP contribution is 2.28. The Kier molecular flexibility index (Phi) is 15.0. The van der Waals surface area contributed by atoms with Gasteiger partial charge in [-0.15, -0.1) is 0 Å². The van der Waals surface area contributed by atoms with Gasteiger partial charge in [-0.2, -0.15) is 12.6 Å². The topological polar surface area (TPSA) is 114 Å². The van der Waals surface area contributed by atoms with Crippen LogP contribution in [0.15, 0.2) is 18.2 Å². The smallest absolute Gasteiger partial charge is 0.408 e. The van der Waals surface area contributed by atoms with E-state index in [4.69, 9.17) is 9.47 Å². The molecule has 0 heterocycles. The third-order valence-electron chi connectivity index (χ3n) is 6.14. The van der Waals surface area contributed by atoms with Gasteiger partial charge >= 0.3 is 12.1 Å². The zero-order chi connectivity index (χ0) is 29.6. The zero-order valence-electron chi connectivity index (χ0n) is 24.6. The highest BCUT2D eigenvalue weighted by Gasteiger charge is 2.36. The first kappa shape index (κ1) is 34.3. The Bertz CT molecular complexity index is 963. The van der Waals surface area contributed by atoms with Gasteiger partial charge in [0.2, 0.25) is 11.8 Å². The molecule has 0 aliphatic rings. The maximum Gasteiger partial charge on any atom is 0.408 e. The summed E-state index contributed by atoms with van der Waals surface area (Å²) < 4.78 is 10.3. The maximum absolute atomic E-state index is 14.0. The van der Waals surface area contributed by atoms with Gasteiger partial charge < -0.3 is 25.0 Å². The quantitative estimate of drug-likeness (QED) is 0.162. The van der Waals surface area contributed by atoms with E-state index in [0.29, 0.717) is 18.5 Å². The number of unbranched alkanes of at least 4 members (excludes halogenated alkanes) is 3. The molecular weight excluding hydrogens is 518 g/mol. The van der Waals surface area contributed by atoms with Crippen LogP contribution < -0.4 is 10.6 Å². The van der Waals surface area contributed by atoms with E-state index in [2.05, 4.69) is 30.2 Å². The van der Waals surface area contributed by atoms with Gasteiger partial charge in [0.15, 0.2) is 0 Å². The molecule has 10 heteroatoms. The SMILES string of the molecule is CCCCCCN(C(=O)C(CS)NC(=O)OC(C)(C)C)C(C(=O)NCCC(=O)OCC)c1cccc(C)c1C. The Morgan fingerprint density at radius 3 is 2.33 bits per heavy atom. The second-order valence-corrected chi connectivity index (χ2v) is 10.9. The van der Waals surface area contributed by atoms with Gasteiger partial charge in [0.05, 0.1) is 13.0 Å². The summed E-state index contributed by atoms with van der Waals surface area (Å²) in [6, 6.07) is 3.66. The van der Waals surface area contributed by atoms with Gasteiger partial charge in [-0.25, -0.2) is 4.79 Å². The van der Waals surface area contributed by atoms with Crippen LogP contribution >= 0.6 is 12.6 Å². The first-order valence-electron chi connectivity index (χ1n) is 13.8. The summed E-state index contributed by atoms with van der Waals surface area (Å²) in [5.41, 5.74) is 1.81. The van der Waals surface area contributed by atoms with Crippen molar-refractivity contribution < 1.29 is 28.7 Å². The number of hydrogen-bond acceptors (Lipinski definition) is 7. The predicted molar refractivity (Wildman–Crippen MR) is 156 cm³/mol. The molecule has 0 saturated carbocycles. The van der Waals surface area contributed by atoms with E-state index in [1.165, 1.54) is 4.90 Å². The van der Waals surface area contributed by atoms with E-state index < -0.39 is 41.6 Å². The fourth-order valence-electron chi connectivity index (χ4n) is 4.05. The highest BCUT2D eigenvalue weighted by atomic mass is 32.1. The molecule has 0 bridgehead atoms. The van der Waals surface area contributed by atoms with Crippen molar-refractivity contribution in [2.24, 2.45) is 0 Å². The summed E-state index contributed by atoms with van der Waals surface area (Å²) in [5.74, 6) is -1.23. The molecule has 0 aliphatic carbocycles. The lowest BCUT2D eigenvalue weighted by atomic mass is 9.94. The second kappa shape index (κ2) is 17.0. The first-order valence-corrected chi connectivity index (χ1v) is 14.4. The van der Waals surface area contributed by atoms with Crippen molar-refractivity contribution in [1.29, 1.82) is 0 Å². The molecular formula is C29H47N3O6S. The summed E-state index contributed by atoms with van der Waals surface area (Å²) >= 11 is 4.33. The molecule has 0 saturated heterocycles. The molecule has 0 spiro atoms. The van der Waals surface area contributed by atoms with Crippen LogP contribution in [0.5, 0.6) is 0 Å². The number of benzene rings is 1. The van der Waals surface area contributed by atoms with Crippen molar-refractivity contribution in [1.82, 2.24) is 15.5 Å². The van der Waals surface area contributed by atoms with E-state index in [9.17, 15) is 19.2 Å². The maximum atomic E-state index is 14.0. The largest absolute Gasteiger partial charge is 0.466 e. The summed E-state index contributed by atoms with van der Waals surface area (Å²) in [6.45, 7) is 13.5. The van der Waals surface area contributed by atoms with Crippen LogP contribution in [0.1, 0.15) is 89.5 Å². The molecule has 3 amide bonds. The Hall–Kier alpha value is -2.75. The number of aryl methyl sites for hydroxylation is 1. The summed E-state index contributed by atoms with van der Waals surface area (Å²) in [6.07, 6.45) is 2.86. The normalized spacial score (nSPS) is 12.7. The number of carbonyl (C=O) groups excluding carboxylic acids is 4. The third-order valence-corrected chi connectivity index (χ3v) is 6.51. The molecule has 9 nitrogen and oxygen atoms in total. The van der Waals surface area contributed by atoms with Gasteiger partial charge in [-0.1, -0.05) is 44.4 Å². The molecule has 0 aromatic heterocycles. The Morgan fingerprint density at radius 2 is 1.74 bits per heavy atom. The fraction of sp³-hybridized carbons (Fsp3) is 0.655. The van der Waals surface area contributed by atoms with E-state index in [1.54, 1.807) is 27.7 Å². The fourth-order valence-corrected chi connectivity index (χ4v) is 4.30. The molecule has 0 radical (unpaired) electrons. The van der Waals surface area contributed by atoms with Gasteiger partial charge in [0.25, 0.3) is 0 Å². The number of carbonyl (C=O) groups is 4. The highest BCUT2D eigenvalue weighted by molar-refractivity contribution is 7.80.